The quantitative estimate of drug-likeness (QED) is 0.736. The molecule has 108 valence electrons. The highest BCUT2D eigenvalue weighted by Gasteiger charge is 2.17. The summed E-state index contributed by atoms with van der Waals surface area (Å²) < 4.78 is 0. The highest BCUT2D eigenvalue weighted by molar-refractivity contribution is 5.43. The lowest BCUT2D eigenvalue weighted by atomic mass is 9.84. The standard InChI is InChI=1S/C16H29N3/c1-10(7-17)14-5-15(11(2)8-18)13(4)16(6-14)12(3)9-19/h5-6,10-12H,7-9,17-19H2,1-4H3. The van der Waals surface area contributed by atoms with Gasteiger partial charge in [0.05, 0.1) is 0 Å². The Labute approximate surface area is 117 Å². The normalized spacial score (nSPS) is 16.2. The van der Waals surface area contributed by atoms with E-state index in [9.17, 15) is 0 Å². The van der Waals surface area contributed by atoms with E-state index in [0.29, 0.717) is 37.4 Å². The second-order valence-corrected chi connectivity index (χ2v) is 5.73. The molecule has 0 saturated carbocycles. The van der Waals surface area contributed by atoms with E-state index in [4.69, 9.17) is 17.2 Å². The van der Waals surface area contributed by atoms with Crippen LogP contribution in [0.5, 0.6) is 0 Å². The number of nitrogens with two attached hydrogens (primary N) is 3. The summed E-state index contributed by atoms with van der Waals surface area (Å²) in [5.74, 6) is 1.11. The minimum atomic E-state index is 0.369. The van der Waals surface area contributed by atoms with E-state index in [-0.39, 0.29) is 0 Å². The molecule has 3 nitrogen and oxygen atoms in total. The molecule has 0 bridgehead atoms. The van der Waals surface area contributed by atoms with Crippen molar-refractivity contribution >= 4 is 0 Å². The van der Waals surface area contributed by atoms with Gasteiger partial charge in [0.2, 0.25) is 0 Å². The average Bonchev–Trinajstić information content (AvgIpc) is 2.44. The molecule has 0 heterocycles. The van der Waals surface area contributed by atoms with Crippen LogP contribution in [0.3, 0.4) is 0 Å². The summed E-state index contributed by atoms with van der Waals surface area (Å²) in [6.07, 6.45) is 0. The molecule has 0 saturated heterocycles. The van der Waals surface area contributed by atoms with Crippen LogP contribution >= 0.6 is 0 Å². The van der Waals surface area contributed by atoms with Crippen LogP contribution in [0.25, 0.3) is 0 Å². The number of hydrogen-bond donors (Lipinski definition) is 3. The van der Waals surface area contributed by atoms with Crippen molar-refractivity contribution in [3.63, 3.8) is 0 Å². The molecule has 0 aliphatic heterocycles. The predicted octanol–water partition coefficient (Wildman–Crippen LogP) is 2.18. The number of hydrogen-bond acceptors (Lipinski definition) is 3. The molecule has 3 atom stereocenters. The van der Waals surface area contributed by atoms with Crippen molar-refractivity contribution in [2.75, 3.05) is 19.6 Å². The van der Waals surface area contributed by atoms with Gasteiger partial charge in [-0.25, -0.2) is 0 Å². The molecule has 3 unspecified atom stereocenters. The lowest BCUT2D eigenvalue weighted by Crippen LogP contribution is -2.17. The van der Waals surface area contributed by atoms with E-state index in [1.165, 1.54) is 22.3 Å². The van der Waals surface area contributed by atoms with Crippen molar-refractivity contribution in [3.8, 4) is 0 Å². The Kier molecular flexibility index (Phi) is 5.98. The molecule has 0 aliphatic rings. The zero-order chi connectivity index (χ0) is 14.6. The third-order valence-electron chi connectivity index (χ3n) is 4.20. The fourth-order valence-corrected chi connectivity index (χ4v) is 2.48. The van der Waals surface area contributed by atoms with Crippen molar-refractivity contribution in [1.29, 1.82) is 0 Å². The fraction of sp³-hybridized carbons (Fsp3) is 0.625. The highest BCUT2D eigenvalue weighted by Crippen LogP contribution is 2.30. The van der Waals surface area contributed by atoms with Gasteiger partial charge in [-0.1, -0.05) is 32.9 Å². The minimum absolute atomic E-state index is 0.369. The molecular weight excluding hydrogens is 234 g/mol. The number of benzene rings is 1. The summed E-state index contributed by atoms with van der Waals surface area (Å²) in [6, 6.07) is 4.55. The van der Waals surface area contributed by atoms with Gasteiger partial charge in [0.1, 0.15) is 0 Å². The third kappa shape index (κ3) is 3.56. The van der Waals surface area contributed by atoms with Crippen LogP contribution in [-0.4, -0.2) is 19.6 Å². The van der Waals surface area contributed by atoms with Gasteiger partial charge >= 0.3 is 0 Å². The van der Waals surface area contributed by atoms with Crippen molar-refractivity contribution < 1.29 is 0 Å². The van der Waals surface area contributed by atoms with Gasteiger partial charge in [-0.15, -0.1) is 0 Å². The molecule has 0 radical (unpaired) electrons. The maximum absolute atomic E-state index is 5.84. The van der Waals surface area contributed by atoms with Crippen molar-refractivity contribution in [3.05, 3.63) is 34.4 Å². The molecule has 0 spiro atoms. The second kappa shape index (κ2) is 7.04. The number of rotatable bonds is 6. The monoisotopic (exact) mass is 263 g/mol. The Hall–Kier alpha value is -0.900. The molecule has 1 rings (SSSR count). The van der Waals surface area contributed by atoms with Crippen LogP contribution in [0.15, 0.2) is 12.1 Å². The minimum Gasteiger partial charge on any atom is -0.330 e. The van der Waals surface area contributed by atoms with Crippen LogP contribution < -0.4 is 17.2 Å². The SMILES string of the molecule is Cc1c(C(C)CN)cc(C(C)CN)cc1C(C)CN. The first-order valence-electron chi connectivity index (χ1n) is 7.20. The highest BCUT2D eigenvalue weighted by atomic mass is 14.6. The van der Waals surface area contributed by atoms with Crippen LogP contribution in [0, 0.1) is 6.92 Å². The van der Waals surface area contributed by atoms with Gasteiger partial charge in [0, 0.05) is 0 Å². The van der Waals surface area contributed by atoms with Crippen LogP contribution in [-0.2, 0) is 0 Å². The third-order valence-corrected chi connectivity index (χ3v) is 4.20. The smallest absolute Gasteiger partial charge is 0.00108 e. The van der Waals surface area contributed by atoms with E-state index in [1.54, 1.807) is 0 Å². The molecule has 19 heavy (non-hydrogen) atoms. The topological polar surface area (TPSA) is 78.1 Å². The summed E-state index contributed by atoms with van der Waals surface area (Å²) in [5, 5.41) is 0. The van der Waals surface area contributed by atoms with Crippen LogP contribution in [0.4, 0.5) is 0 Å². The van der Waals surface area contributed by atoms with Gasteiger partial charge in [-0.3, -0.25) is 0 Å². The second-order valence-electron chi connectivity index (χ2n) is 5.73. The fourth-order valence-electron chi connectivity index (χ4n) is 2.48. The Morgan fingerprint density at radius 1 is 0.789 bits per heavy atom. The predicted molar refractivity (Wildman–Crippen MR) is 83.6 cm³/mol. The summed E-state index contributed by atoms with van der Waals surface area (Å²) >= 11 is 0. The summed E-state index contributed by atoms with van der Waals surface area (Å²) in [4.78, 5) is 0. The first-order valence-corrected chi connectivity index (χ1v) is 7.20. The van der Waals surface area contributed by atoms with E-state index >= 15 is 0 Å². The largest absolute Gasteiger partial charge is 0.330 e. The Bertz CT molecular complexity index is 383. The summed E-state index contributed by atoms with van der Waals surface area (Å²) in [5.41, 5.74) is 22.8. The van der Waals surface area contributed by atoms with Crippen molar-refractivity contribution in [2.24, 2.45) is 17.2 Å². The Morgan fingerprint density at radius 2 is 1.16 bits per heavy atom. The average molecular weight is 263 g/mol. The van der Waals surface area contributed by atoms with E-state index < -0.39 is 0 Å². The Morgan fingerprint density at radius 3 is 1.47 bits per heavy atom. The molecule has 0 aliphatic carbocycles. The molecular formula is C16H29N3. The van der Waals surface area contributed by atoms with Crippen molar-refractivity contribution in [2.45, 2.75) is 45.4 Å². The van der Waals surface area contributed by atoms with E-state index in [1.807, 2.05) is 0 Å². The lowest BCUT2D eigenvalue weighted by molar-refractivity contribution is 0.719. The maximum Gasteiger partial charge on any atom is -0.00108 e. The molecule has 3 heteroatoms. The van der Waals surface area contributed by atoms with Gasteiger partial charge < -0.3 is 17.2 Å². The molecule has 0 fully saturated rings. The molecule has 1 aromatic carbocycles. The zero-order valence-electron chi connectivity index (χ0n) is 12.7. The van der Waals surface area contributed by atoms with E-state index in [0.717, 1.165) is 0 Å². The summed E-state index contributed by atoms with van der Waals surface area (Å²) in [6.45, 7) is 10.7. The molecule has 6 N–H and O–H groups in total. The first-order chi connectivity index (χ1) is 8.96. The summed E-state index contributed by atoms with van der Waals surface area (Å²) in [7, 11) is 0. The van der Waals surface area contributed by atoms with Crippen LogP contribution in [0.2, 0.25) is 0 Å². The van der Waals surface area contributed by atoms with Crippen LogP contribution in [0.1, 0.15) is 60.8 Å². The van der Waals surface area contributed by atoms with Gasteiger partial charge in [0.15, 0.2) is 0 Å². The molecule has 1 aromatic rings. The molecule has 0 amide bonds. The first kappa shape index (κ1) is 16.2. The van der Waals surface area contributed by atoms with Gasteiger partial charge in [-0.05, 0) is 66.6 Å². The van der Waals surface area contributed by atoms with E-state index in [2.05, 4.69) is 39.8 Å². The Balaban J connectivity index is 3.37. The molecule has 0 aromatic heterocycles. The van der Waals surface area contributed by atoms with Crippen molar-refractivity contribution in [1.82, 2.24) is 0 Å². The lowest BCUT2D eigenvalue weighted by Gasteiger charge is -2.23. The van der Waals surface area contributed by atoms with Gasteiger partial charge in [0.25, 0.3) is 0 Å². The zero-order valence-corrected chi connectivity index (χ0v) is 12.7. The maximum atomic E-state index is 5.84. The van der Waals surface area contributed by atoms with Gasteiger partial charge in [-0.2, -0.15) is 0 Å².